The van der Waals surface area contributed by atoms with Crippen molar-refractivity contribution >= 4 is 0 Å². The first kappa shape index (κ1) is 16.1. The van der Waals surface area contributed by atoms with Crippen molar-refractivity contribution in [1.82, 2.24) is 20.2 Å². The lowest BCUT2D eigenvalue weighted by atomic mass is 10.1. The maximum Gasteiger partial charge on any atom is 0.0753 e. The molecule has 4 nitrogen and oxygen atoms in total. The summed E-state index contributed by atoms with van der Waals surface area (Å²) < 4.78 is 0. The first-order valence-electron chi connectivity index (χ1n) is 8.49. The molecule has 0 spiro atoms. The first-order valence-corrected chi connectivity index (χ1v) is 8.49. The summed E-state index contributed by atoms with van der Waals surface area (Å²) in [5, 5.41) is 3.62. The number of hydrogen-bond acceptors (Lipinski definition) is 4. The van der Waals surface area contributed by atoms with Crippen LogP contribution in [0, 0.1) is 5.92 Å². The molecule has 0 radical (unpaired) electrons. The lowest BCUT2D eigenvalue weighted by molar-refractivity contribution is 0.254. The molecule has 122 valence electrons. The fraction of sp³-hybridized carbons (Fsp3) is 0.474. The van der Waals surface area contributed by atoms with Gasteiger partial charge in [0, 0.05) is 43.8 Å². The van der Waals surface area contributed by atoms with E-state index in [0.717, 1.165) is 25.3 Å². The van der Waals surface area contributed by atoms with Gasteiger partial charge in [-0.3, -0.25) is 14.9 Å². The van der Waals surface area contributed by atoms with Gasteiger partial charge in [-0.1, -0.05) is 30.3 Å². The topological polar surface area (TPSA) is 41.0 Å². The van der Waals surface area contributed by atoms with E-state index >= 15 is 0 Å². The van der Waals surface area contributed by atoms with Crippen LogP contribution in [0.15, 0.2) is 48.9 Å². The molecule has 3 rings (SSSR count). The molecule has 1 fully saturated rings. The van der Waals surface area contributed by atoms with Gasteiger partial charge in [0.1, 0.15) is 0 Å². The van der Waals surface area contributed by atoms with Gasteiger partial charge in [-0.15, -0.1) is 0 Å². The fourth-order valence-electron chi connectivity index (χ4n) is 3.39. The Labute approximate surface area is 139 Å². The summed E-state index contributed by atoms with van der Waals surface area (Å²) in [7, 11) is 0. The number of aromatic nitrogens is 2. The molecule has 0 saturated carbocycles. The van der Waals surface area contributed by atoms with Gasteiger partial charge in [0.25, 0.3) is 0 Å². The lowest BCUT2D eigenvalue weighted by Gasteiger charge is -2.21. The number of hydrogen-bond donors (Lipinski definition) is 1. The SMILES string of the molecule is C[C@H](NC[C@H]1C[C@@H](C)N(Cc2ccccc2)C1)c1cnccn1. The van der Waals surface area contributed by atoms with Gasteiger partial charge < -0.3 is 5.32 Å². The second-order valence-electron chi connectivity index (χ2n) is 6.63. The van der Waals surface area contributed by atoms with Gasteiger partial charge in [-0.25, -0.2) is 0 Å². The highest BCUT2D eigenvalue weighted by atomic mass is 15.2. The van der Waals surface area contributed by atoms with Gasteiger partial charge in [0.2, 0.25) is 0 Å². The predicted molar refractivity (Wildman–Crippen MR) is 92.9 cm³/mol. The summed E-state index contributed by atoms with van der Waals surface area (Å²) in [5.41, 5.74) is 2.42. The Hall–Kier alpha value is -1.78. The van der Waals surface area contributed by atoms with Crippen molar-refractivity contribution in [3.8, 4) is 0 Å². The summed E-state index contributed by atoms with van der Waals surface area (Å²) >= 11 is 0. The van der Waals surface area contributed by atoms with Crippen LogP contribution in [0.25, 0.3) is 0 Å². The van der Waals surface area contributed by atoms with Crippen molar-refractivity contribution in [2.75, 3.05) is 13.1 Å². The standard InChI is InChI=1S/C19H26N4/c1-15-10-18(11-22-16(2)19-12-20-8-9-21-19)14-23(15)13-17-6-4-3-5-7-17/h3-9,12,15-16,18,22H,10-11,13-14H2,1-2H3/t15-,16+,18-/m1/s1. The van der Waals surface area contributed by atoms with Crippen molar-refractivity contribution in [1.29, 1.82) is 0 Å². The third-order valence-corrected chi connectivity index (χ3v) is 4.76. The second kappa shape index (κ2) is 7.66. The number of rotatable bonds is 6. The Morgan fingerprint density at radius 2 is 2.09 bits per heavy atom. The van der Waals surface area contributed by atoms with Gasteiger partial charge >= 0.3 is 0 Å². The zero-order valence-corrected chi connectivity index (χ0v) is 14.0. The van der Waals surface area contributed by atoms with E-state index in [2.05, 4.69) is 64.4 Å². The van der Waals surface area contributed by atoms with Gasteiger partial charge in [0.05, 0.1) is 5.69 Å². The Kier molecular flexibility index (Phi) is 5.36. The summed E-state index contributed by atoms with van der Waals surface area (Å²) in [6.45, 7) is 7.75. The van der Waals surface area contributed by atoms with Crippen LogP contribution in [0.5, 0.6) is 0 Å². The van der Waals surface area contributed by atoms with E-state index in [4.69, 9.17) is 0 Å². The molecule has 4 heteroatoms. The lowest BCUT2D eigenvalue weighted by Crippen LogP contribution is -2.29. The number of likely N-dealkylation sites (tertiary alicyclic amines) is 1. The second-order valence-corrected chi connectivity index (χ2v) is 6.63. The molecule has 1 saturated heterocycles. The fourth-order valence-corrected chi connectivity index (χ4v) is 3.39. The van der Waals surface area contributed by atoms with Crippen LogP contribution in [-0.2, 0) is 6.54 Å². The Morgan fingerprint density at radius 3 is 2.83 bits per heavy atom. The summed E-state index contributed by atoms with van der Waals surface area (Å²) in [5.74, 6) is 0.702. The minimum atomic E-state index is 0.252. The van der Waals surface area contributed by atoms with Crippen LogP contribution >= 0.6 is 0 Å². The van der Waals surface area contributed by atoms with Crippen molar-refractivity contribution in [2.45, 2.75) is 38.9 Å². The van der Waals surface area contributed by atoms with Crippen LogP contribution in [0.2, 0.25) is 0 Å². The van der Waals surface area contributed by atoms with Crippen LogP contribution in [-0.4, -0.2) is 34.0 Å². The minimum Gasteiger partial charge on any atom is -0.308 e. The van der Waals surface area contributed by atoms with E-state index < -0.39 is 0 Å². The number of nitrogens with one attached hydrogen (secondary N) is 1. The Balaban J connectivity index is 1.49. The maximum absolute atomic E-state index is 4.37. The molecule has 2 heterocycles. The Bertz CT molecular complexity index is 587. The monoisotopic (exact) mass is 310 g/mol. The molecule has 0 bridgehead atoms. The molecule has 2 aromatic rings. The molecular weight excluding hydrogens is 284 g/mol. The largest absolute Gasteiger partial charge is 0.308 e. The van der Waals surface area contributed by atoms with Crippen molar-refractivity contribution in [3.05, 3.63) is 60.2 Å². The quantitative estimate of drug-likeness (QED) is 0.890. The highest BCUT2D eigenvalue weighted by Gasteiger charge is 2.28. The molecule has 1 aliphatic rings. The Morgan fingerprint density at radius 1 is 1.26 bits per heavy atom. The van der Waals surface area contributed by atoms with E-state index in [9.17, 15) is 0 Å². The summed E-state index contributed by atoms with van der Waals surface area (Å²) in [4.78, 5) is 11.1. The smallest absolute Gasteiger partial charge is 0.0753 e. The van der Waals surface area contributed by atoms with Crippen LogP contribution in [0.4, 0.5) is 0 Å². The van der Waals surface area contributed by atoms with E-state index in [1.54, 1.807) is 12.4 Å². The van der Waals surface area contributed by atoms with Crippen LogP contribution < -0.4 is 5.32 Å². The zero-order chi connectivity index (χ0) is 16.1. The van der Waals surface area contributed by atoms with Gasteiger partial charge in [-0.2, -0.15) is 0 Å². The molecule has 1 aromatic carbocycles. The molecule has 0 unspecified atom stereocenters. The molecule has 0 amide bonds. The highest BCUT2D eigenvalue weighted by Crippen LogP contribution is 2.25. The molecule has 1 aliphatic heterocycles. The number of benzene rings is 1. The van der Waals surface area contributed by atoms with Gasteiger partial charge in [0.15, 0.2) is 0 Å². The van der Waals surface area contributed by atoms with E-state index in [1.165, 1.54) is 12.0 Å². The van der Waals surface area contributed by atoms with Gasteiger partial charge in [-0.05, 0) is 38.3 Å². The summed E-state index contributed by atoms with van der Waals surface area (Å²) in [6.07, 6.45) is 6.58. The molecule has 23 heavy (non-hydrogen) atoms. The van der Waals surface area contributed by atoms with E-state index in [0.29, 0.717) is 12.0 Å². The third-order valence-electron chi connectivity index (χ3n) is 4.76. The average Bonchev–Trinajstić information content (AvgIpc) is 2.94. The molecular formula is C19H26N4. The van der Waals surface area contributed by atoms with E-state index in [-0.39, 0.29) is 6.04 Å². The zero-order valence-electron chi connectivity index (χ0n) is 14.0. The van der Waals surface area contributed by atoms with Crippen molar-refractivity contribution in [2.24, 2.45) is 5.92 Å². The molecule has 1 N–H and O–H groups in total. The first-order chi connectivity index (χ1) is 11.2. The van der Waals surface area contributed by atoms with Crippen LogP contribution in [0.3, 0.4) is 0 Å². The summed E-state index contributed by atoms with van der Waals surface area (Å²) in [6, 6.07) is 11.7. The van der Waals surface area contributed by atoms with Crippen molar-refractivity contribution < 1.29 is 0 Å². The highest BCUT2D eigenvalue weighted by molar-refractivity contribution is 5.15. The molecule has 0 aliphatic carbocycles. The van der Waals surface area contributed by atoms with Crippen LogP contribution in [0.1, 0.15) is 37.6 Å². The minimum absolute atomic E-state index is 0.252. The average molecular weight is 310 g/mol. The van der Waals surface area contributed by atoms with E-state index in [1.807, 2.05) is 6.20 Å². The molecule has 3 atom stereocenters. The predicted octanol–water partition coefficient (Wildman–Crippen LogP) is 3.04. The number of nitrogens with zero attached hydrogens (tertiary/aromatic N) is 3. The third kappa shape index (κ3) is 4.36. The molecule has 1 aromatic heterocycles. The maximum atomic E-state index is 4.37. The normalized spacial score (nSPS) is 23.0. The van der Waals surface area contributed by atoms with Crippen molar-refractivity contribution in [3.63, 3.8) is 0 Å².